The number of ether oxygens (including phenoxy) is 1. The summed E-state index contributed by atoms with van der Waals surface area (Å²) in [5.41, 5.74) is 0.674. The predicted molar refractivity (Wildman–Crippen MR) is 75.3 cm³/mol. The quantitative estimate of drug-likeness (QED) is 0.853. The van der Waals surface area contributed by atoms with Crippen molar-refractivity contribution in [2.24, 2.45) is 0 Å². The first kappa shape index (κ1) is 12.7. The lowest BCUT2D eigenvalue weighted by Gasteiger charge is -2.29. The van der Waals surface area contributed by atoms with Crippen LogP contribution < -0.4 is 9.64 Å². The standard InChI is InChI=1S/C12H8Cl2N2O2S/c13-7-1-2-10-9(3-7)16(11(17)6-18-10)5-8-4-15-12(14)19-8/h1-4H,5-6H2. The van der Waals surface area contributed by atoms with Gasteiger partial charge in [-0.2, -0.15) is 0 Å². The Morgan fingerprint density at radius 2 is 2.26 bits per heavy atom. The second-order valence-electron chi connectivity index (χ2n) is 3.96. The van der Waals surface area contributed by atoms with Crippen LogP contribution in [-0.4, -0.2) is 17.5 Å². The van der Waals surface area contributed by atoms with Gasteiger partial charge in [0.1, 0.15) is 5.75 Å². The molecule has 2 aromatic rings. The largest absolute Gasteiger partial charge is 0.482 e. The van der Waals surface area contributed by atoms with Crippen molar-refractivity contribution in [3.63, 3.8) is 0 Å². The van der Waals surface area contributed by atoms with Gasteiger partial charge in [0, 0.05) is 16.1 Å². The van der Waals surface area contributed by atoms with Crippen LogP contribution >= 0.6 is 34.5 Å². The van der Waals surface area contributed by atoms with Crippen molar-refractivity contribution in [2.45, 2.75) is 6.54 Å². The molecule has 19 heavy (non-hydrogen) atoms. The van der Waals surface area contributed by atoms with E-state index in [2.05, 4.69) is 4.98 Å². The highest BCUT2D eigenvalue weighted by Gasteiger charge is 2.26. The Balaban J connectivity index is 1.96. The van der Waals surface area contributed by atoms with Crippen molar-refractivity contribution in [3.8, 4) is 5.75 Å². The van der Waals surface area contributed by atoms with Crippen molar-refractivity contribution >= 4 is 46.1 Å². The van der Waals surface area contributed by atoms with E-state index in [1.807, 2.05) is 0 Å². The summed E-state index contributed by atoms with van der Waals surface area (Å²) in [5, 5.41) is 0.560. The number of aromatic nitrogens is 1. The van der Waals surface area contributed by atoms with Crippen LogP contribution in [0.2, 0.25) is 9.49 Å². The van der Waals surface area contributed by atoms with Gasteiger partial charge in [-0.1, -0.05) is 23.2 Å². The van der Waals surface area contributed by atoms with Crippen molar-refractivity contribution in [1.29, 1.82) is 0 Å². The van der Waals surface area contributed by atoms with Crippen LogP contribution in [0.3, 0.4) is 0 Å². The molecule has 1 aromatic heterocycles. The SMILES string of the molecule is O=C1COc2ccc(Cl)cc2N1Cc1cnc(Cl)s1. The number of rotatable bonds is 2. The smallest absolute Gasteiger partial charge is 0.265 e. The van der Waals surface area contributed by atoms with Crippen LogP contribution in [-0.2, 0) is 11.3 Å². The molecule has 1 aromatic carbocycles. The summed E-state index contributed by atoms with van der Waals surface area (Å²) in [6.45, 7) is 0.446. The van der Waals surface area contributed by atoms with Gasteiger partial charge in [0.15, 0.2) is 11.1 Å². The van der Waals surface area contributed by atoms with E-state index in [-0.39, 0.29) is 12.5 Å². The maximum atomic E-state index is 12.0. The van der Waals surface area contributed by atoms with Gasteiger partial charge >= 0.3 is 0 Å². The third-order valence-corrected chi connectivity index (χ3v) is 4.04. The highest BCUT2D eigenvalue weighted by molar-refractivity contribution is 7.15. The number of nitrogens with zero attached hydrogens (tertiary/aromatic N) is 2. The fourth-order valence-corrected chi connectivity index (χ4v) is 2.99. The number of benzene rings is 1. The topological polar surface area (TPSA) is 42.4 Å². The minimum atomic E-state index is -0.112. The molecule has 1 aliphatic heterocycles. The monoisotopic (exact) mass is 314 g/mol. The van der Waals surface area contributed by atoms with Gasteiger partial charge in [-0.05, 0) is 18.2 Å². The second kappa shape index (κ2) is 5.00. The van der Waals surface area contributed by atoms with Gasteiger partial charge in [0.25, 0.3) is 5.91 Å². The van der Waals surface area contributed by atoms with Crippen LogP contribution in [0.5, 0.6) is 5.75 Å². The lowest BCUT2D eigenvalue weighted by Crippen LogP contribution is -2.38. The fraction of sp³-hybridized carbons (Fsp3) is 0.167. The first-order valence-electron chi connectivity index (χ1n) is 5.46. The van der Waals surface area contributed by atoms with Crippen LogP contribution in [0.15, 0.2) is 24.4 Å². The molecule has 4 nitrogen and oxygen atoms in total. The minimum Gasteiger partial charge on any atom is -0.482 e. The molecule has 2 heterocycles. The molecule has 0 N–H and O–H groups in total. The Bertz CT molecular complexity index is 644. The summed E-state index contributed by atoms with van der Waals surface area (Å²) in [6.07, 6.45) is 1.67. The molecule has 1 aliphatic rings. The fourth-order valence-electron chi connectivity index (χ4n) is 1.86. The van der Waals surface area contributed by atoms with Gasteiger partial charge in [-0.25, -0.2) is 4.98 Å². The molecule has 7 heteroatoms. The molecule has 0 saturated carbocycles. The Labute approximate surface area is 123 Å². The molecule has 0 unspecified atom stereocenters. The van der Waals surface area contributed by atoms with Crippen molar-refractivity contribution in [1.82, 2.24) is 4.98 Å². The van der Waals surface area contributed by atoms with Gasteiger partial charge in [0.05, 0.1) is 12.2 Å². The first-order valence-corrected chi connectivity index (χ1v) is 7.03. The zero-order valence-electron chi connectivity index (χ0n) is 9.60. The number of amides is 1. The molecule has 98 valence electrons. The average Bonchev–Trinajstić information content (AvgIpc) is 2.79. The molecule has 0 atom stereocenters. The van der Waals surface area contributed by atoms with E-state index in [1.165, 1.54) is 11.3 Å². The van der Waals surface area contributed by atoms with Crippen LogP contribution in [0.1, 0.15) is 4.88 Å². The molecule has 3 rings (SSSR count). The average molecular weight is 315 g/mol. The molecule has 0 fully saturated rings. The molecule has 0 spiro atoms. The number of anilines is 1. The zero-order valence-corrected chi connectivity index (χ0v) is 11.9. The summed E-state index contributed by atoms with van der Waals surface area (Å²) in [5.74, 6) is 0.541. The molecule has 0 saturated heterocycles. The summed E-state index contributed by atoms with van der Waals surface area (Å²) >= 11 is 13.1. The number of halogens is 2. The van der Waals surface area contributed by atoms with Gasteiger partial charge in [-0.15, -0.1) is 11.3 Å². The highest BCUT2D eigenvalue weighted by atomic mass is 35.5. The minimum absolute atomic E-state index is 0.0289. The molecular weight excluding hydrogens is 307 g/mol. The number of hydrogen-bond acceptors (Lipinski definition) is 4. The number of carbonyl (C=O) groups is 1. The van der Waals surface area contributed by atoms with Crippen LogP contribution in [0, 0.1) is 0 Å². The lowest BCUT2D eigenvalue weighted by atomic mass is 10.2. The number of hydrogen-bond donors (Lipinski definition) is 0. The van der Waals surface area contributed by atoms with E-state index < -0.39 is 0 Å². The van der Waals surface area contributed by atoms with Crippen LogP contribution in [0.25, 0.3) is 0 Å². The maximum absolute atomic E-state index is 12.0. The Kier molecular flexibility index (Phi) is 3.35. The first-order chi connectivity index (χ1) is 9.13. The lowest BCUT2D eigenvalue weighted by molar-refractivity contribution is -0.121. The van der Waals surface area contributed by atoms with E-state index in [0.29, 0.717) is 27.5 Å². The third kappa shape index (κ3) is 2.54. The summed E-state index contributed by atoms with van der Waals surface area (Å²) in [4.78, 5) is 18.5. The zero-order chi connectivity index (χ0) is 13.4. The summed E-state index contributed by atoms with van der Waals surface area (Å²) in [6, 6.07) is 5.21. The summed E-state index contributed by atoms with van der Waals surface area (Å²) in [7, 11) is 0. The van der Waals surface area contributed by atoms with Crippen molar-refractivity contribution in [2.75, 3.05) is 11.5 Å². The Morgan fingerprint density at radius 1 is 1.42 bits per heavy atom. The van der Waals surface area contributed by atoms with Crippen molar-refractivity contribution < 1.29 is 9.53 Å². The van der Waals surface area contributed by atoms with Gasteiger partial charge < -0.3 is 9.64 Å². The number of carbonyl (C=O) groups excluding carboxylic acids is 1. The summed E-state index contributed by atoms with van der Waals surface area (Å²) < 4.78 is 5.84. The maximum Gasteiger partial charge on any atom is 0.265 e. The van der Waals surface area contributed by atoms with Gasteiger partial charge in [-0.3, -0.25) is 4.79 Å². The van der Waals surface area contributed by atoms with Crippen LogP contribution in [0.4, 0.5) is 5.69 Å². The highest BCUT2D eigenvalue weighted by Crippen LogP contribution is 2.35. The van der Waals surface area contributed by atoms with E-state index in [0.717, 1.165) is 4.88 Å². The molecule has 1 amide bonds. The van der Waals surface area contributed by atoms with Crippen molar-refractivity contribution in [3.05, 3.63) is 38.8 Å². The third-order valence-electron chi connectivity index (χ3n) is 2.70. The molecule has 0 radical (unpaired) electrons. The molecular formula is C12H8Cl2N2O2S. The van der Waals surface area contributed by atoms with E-state index in [1.54, 1.807) is 29.3 Å². The number of fused-ring (bicyclic) bond motifs is 1. The normalized spacial score (nSPS) is 14.2. The Morgan fingerprint density at radius 3 is 3.00 bits per heavy atom. The molecule has 0 aliphatic carbocycles. The molecule has 0 bridgehead atoms. The predicted octanol–water partition coefficient (Wildman–Crippen LogP) is 3.38. The Hall–Kier alpha value is -1.30. The number of thiazole rings is 1. The van der Waals surface area contributed by atoms with Gasteiger partial charge in [0.2, 0.25) is 0 Å². The van der Waals surface area contributed by atoms with E-state index in [9.17, 15) is 4.79 Å². The van der Waals surface area contributed by atoms with E-state index >= 15 is 0 Å². The van der Waals surface area contributed by atoms with E-state index in [4.69, 9.17) is 27.9 Å². The second-order valence-corrected chi connectivity index (χ2v) is 6.09.